The van der Waals surface area contributed by atoms with Gasteiger partial charge in [-0.3, -0.25) is 14.9 Å². The van der Waals surface area contributed by atoms with E-state index < -0.39 is 18.3 Å². The summed E-state index contributed by atoms with van der Waals surface area (Å²) in [7, 11) is 1.68. The molecule has 0 spiro atoms. The highest BCUT2D eigenvalue weighted by atomic mass is 19.1. The lowest BCUT2D eigenvalue weighted by Gasteiger charge is -2.34. The SMILES string of the molecule is C[C@@H]1CN[C@@H](C2CC2)C(=O)N(C)[C@H](C)C(O)N[C@H](Cc2ccc(F)cc2)C(=O)NCCCc2ccccc2O1. The van der Waals surface area contributed by atoms with Crippen molar-refractivity contribution in [3.8, 4) is 5.75 Å². The van der Waals surface area contributed by atoms with Gasteiger partial charge >= 0.3 is 0 Å². The number of halogens is 1. The van der Waals surface area contributed by atoms with Crippen LogP contribution in [0, 0.1) is 11.7 Å². The van der Waals surface area contributed by atoms with Gasteiger partial charge in [0.2, 0.25) is 11.8 Å². The van der Waals surface area contributed by atoms with Gasteiger partial charge in [0.15, 0.2) is 0 Å². The number of aryl methyl sites for hydroxylation is 1. The van der Waals surface area contributed by atoms with Crippen LogP contribution in [0.3, 0.4) is 0 Å². The van der Waals surface area contributed by atoms with Gasteiger partial charge in [0.1, 0.15) is 23.9 Å². The monoisotopic (exact) mass is 540 g/mol. The molecule has 2 aromatic rings. The van der Waals surface area contributed by atoms with E-state index in [0.717, 1.165) is 36.1 Å². The van der Waals surface area contributed by atoms with Gasteiger partial charge in [0.25, 0.3) is 0 Å². The molecule has 5 atom stereocenters. The van der Waals surface area contributed by atoms with Gasteiger partial charge in [-0.25, -0.2) is 4.39 Å². The number of aliphatic hydroxyl groups is 1. The molecule has 1 aliphatic heterocycles. The first kappa shape index (κ1) is 29.0. The second-order valence-electron chi connectivity index (χ2n) is 10.8. The molecular formula is C30H41FN4O4. The van der Waals surface area contributed by atoms with Crippen molar-refractivity contribution in [2.45, 2.75) is 76.4 Å². The summed E-state index contributed by atoms with van der Waals surface area (Å²) in [6.45, 7) is 4.70. The number of aliphatic hydroxyl groups excluding tert-OH is 1. The zero-order chi connectivity index (χ0) is 27.9. The molecule has 0 aromatic heterocycles. The Morgan fingerprint density at radius 3 is 2.51 bits per heavy atom. The van der Waals surface area contributed by atoms with Crippen LogP contribution in [0.2, 0.25) is 0 Å². The van der Waals surface area contributed by atoms with Gasteiger partial charge < -0.3 is 25.4 Å². The third-order valence-corrected chi connectivity index (χ3v) is 7.66. The number of hydrogen-bond donors (Lipinski definition) is 4. The standard InChI is InChI=1S/C30H41FN4O4/c1-19-18-33-27(23-12-13-23)30(38)35(3)20(2)28(36)34-25(17-21-10-14-24(31)15-11-21)29(37)32-16-6-8-22-7-4-5-9-26(22)39-19/h4-5,7,9-11,14-15,19-20,23,25,27-28,33-34,36H,6,8,12-13,16-18H2,1-3H3,(H,32,37)/t19-,20-,25-,27+,28?/m1/s1. The fourth-order valence-electron chi connectivity index (χ4n) is 4.94. The number of nitrogens with zero attached hydrogens (tertiary/aromatic N) is 1. The van der Waals surface area contributed by atoms with Gasteiger partial charge in [0.05, 0.1) is 18.1 Å². The highest BCUT2D eigenvalue weighted by Gasteiger charge is 2.39. The van der Waals surface area contributed by atoms with Crippen molar-refractivity contribution < 1.29 is 23.8 Å². The van der Waals surface area contributed by atoms with E-state index in [0.29, 0.717) is 19.5 Å². The van der Waals surface area contributed by atoms with E-state index in [2.05, 4.69) is 16.0 Å². The normalized spacial score (nSPS) is 28.0. The van der Waals surface area contributed by atoms with Crippen molar-refractivity contribution in [1.82, 2.24) is 20.9 Å². The molecular weight excluding hydrogens is 499 g/mol. The molecule has 4 N–H and O–H groups in total. The predicted octanol–water partition coefficient (Wildman–Crippen LogP) is 2.39. The van der Waals surface area contributed by atoms with Crippen molar-refractivity contribution in [2.75, 3.05) is 20.1 Å². The second-order valence-corrected chi connectivity index (χ2v) is 10.8. The zero-order valence-corrected chi connectivity index (χ0v) is 23.0. The lowest BCUT2D eigenvalue weighted by molar-refractivity contribution is -0.137. The molecule has 0 bridgehead atoms. The van der Waals surface area contributed by atoms with Crippen LogP contribution in [0.25, 0.3) is 0 Å². The molecule has 2 aliphatic rings. The summed E-state index contributed by atoms with van der Waals surface area (Å²) in [5.74, 6) is 0.334. The molecule has 1 heterocycles. The minimum atomic E-state index is -1.15. The molecule has 1 aliphatic carbocycles. The van der Waals surface area contributed by atoms with E-state index in [1.807, 2.05) is 31.2 Å². The minimum Gasteiger partial charge on any atom is -0.489 e. The lowest BCUT2D eigenvalue weighted by Crippen LogP contribution is -2.59. The predicted molar refractivity (Wildman–Crippen MR) is 148 cm³/mol. The Bertz CT molecular complexity index is 1110. The molecule has 8 nitrogen and oxygen atoms in total. The van der Waals surface area contributed by atoms with Crippen LogP contribution < -0.4 is 20.7 Å². The molecule has 1 saturated carbocycles. The van der Waals surface area contributed by atoms with Gasteiger partial charge in [-0.1, -0.05) is 30.3 Å². The van der Waals surface area contributed by atoms with Gasteiger partial charge in [-0.05, 0) is 81.2 Å². The zero-order valence-electron chi connectivity index (χ0n) is 23.0. The minimum absolute atomic E-state index is 0.0981. The number of carbonyl (C=O) groups is 2. The molecule has 9 heteroatoms. The summed E-state index contributed by atoms with van der Waals surface area (Å²) in [6.07, 6.45) is 2.34. The van der Waals surface area contributed by atoms with Crippen LogP contribution in [-0.4, -0.2) is 72.4 Å². The Hall–Kier alpha value is -3.01. The number of carbonyl (C=O) groups excluding carboxylic acids is 2. The van der Waals surface area contributed by atoms with Crippen LogP contribution in [0.1, 0.15) is 44.2 Å². The van der Waals surface area contributed by atoms with Crippen molar-refractivity contribution in [1.29, 1.82) is 0 Å². The smallest absolute Gasteiger partial charge is 0.240 e. The summed E-state index contributed by atoms with van der Waals surface area (Å²) >= 11 is 0. The summed E-state index contributed by atoms with van der Waals surface area (Å²) in [6, 6.07) is 12.1. The van der Waals surface area contributed by atoms with Crippen molar-refractivity contribution in [3.05, 3.63) is 65.5 Å². The Morgan fingerprint density at radius 1 is 1.08 bits per heavy atom. The van der Waals surface area contributed by atoms with Crippen LogP contribution >= 0.6 is 0 Å². The maximum atomic E-state index is 13.5. The first-order valence-electron chi connectivity index (χ1n) is 13.9. The quantitative estimate of drug-likeness (QED) is 0.477. The van der Waals surface area contributed by atoms with Crippen molar-refractivity contribution >= 4 is 11.8 Å². The molecule has 1 fully saturated rings. The van der Waals surface area contributed by atoms with E-state index in [9.17, 15) is 19.1 Å². The highest BCUT2D eigenvalue weighted by molar-refractivity contribution is 5.83. The molecule has 0 radical (unpaired) electrons. The molecule has 212 valence electrons. The molecule has 0 saturated heterocycles. The lowest BCUT2D eigenvalue weighted by atomic mass is 10.0. The van der Waals surface area contributed by atoms with Crippen LogP contribution in [0.15, 0.2) is 48.5 Å². The fourth-order valence-corrected chi connectivity index (χ4v) is 4.94. The van der Waals surface area contributed by atoms with Gasteiger partial charge in [-0.2, -0.15) is 0 Å². The topological polar surface area (TPSA) is 103 Å². The number of benzene rings is 2. The summed E-state index contributed by atoms with van der Waals surface area (Å²) in [5.41, 5.74) is 1.81. The van der Waals surface area contributed by atoms with Crippen LogP contribution in [0.5, 0.6) is 5.75 Å². The van der Waals surface area contributed by atoms with Crippen molar-refractivity contribution in [3.63, 3.8) is 0 Å². The Balaban J connectivity index is 1.56. The number of nitrogens with one attached hydrogen (secondary N) is 3. The summed E-state index contributed by atoms with van der Waals surface area (Å²) in [5, 5.41) is 20.5. The molecule has 1 unspecified atom stereocenters. The molecule has 39 heavy (non-hydrogen) atoms. The highest BCUT2D eigenvalue weighted by Crippen LogP contribution is 2.34. The number of ether oxygens (including phenoxy) is 1. The Morgan fingerprint density at radius 2 is 1.79 bits per heavy atom. The Kier molecular flexibility index (Phi) is 9.94. The van der Waals surface area contributed by atoms with Crippen LogP contribution in [0.4, 0.5) is 4.39 Å². The molecule has 4 rings (SSSR count). The molecule has 2 aromatic carbocycles. The first-order chi connectivity index (χ1) is 18.7. The van der Waals surface area contributed by atoms with Crippen LogP contribution in [-0.2, 0) is 22.4 Å². The third-order valence-electron chi connectivity index (χ3n) is 7.66. The number of likely N-dealkylation sites (N-methyl/N-ethyl adjacent to an activating group) is 1. The van der Waals surface area contributed by atoms with Crippen molar-refractivity contribution in [2.24, 2.45) is 5.92 Å². The van der Waals surface area contributed by atoms with Gasteiger partial charge in [-0.15, -0.1) is 0 Å². The first-order valence-corrected chi connectivity index (χ1v) is 13.9. The number of fused-ring (bicyclic) bond motifs is 1. The Labute approximate surface area is 230 Å². The average molecular weight is 541 g/mol. The van der Waals surface area contributed by atoms with E-state index in [4.69, 9.17) is 4.74 Å². The summed E-state index contributed by atoms with van der Waals surface area (Å²) < 4.78 is 19.7. The maximum Gasteiger partial charge on any atom is 0.240 e. The maximum absolute atomic E-state index is 13.5. The van der Waals surface area contributed by atoms with E-state index >= 15 is 0 Å². The van der Waals surface area contributed by atoms with E-state index in [-0.39, 0.29) is 42.1 Å². The number of hydrogen-bond acceptors (Lipinski definition) is 6. The van der Waals surface area contributed by atoms with Gasteiger partial charge in [0, 0.05) is 20.1 Å². The van der Waals surface area contributed by atoms with E-state index in [1.165, 1.54) is 12.1 Å². The fraction of sp³-hybridized carbons (Fsp3) is 0.533. The third kappa shape index (κ3) is 8.00. The second kappa shape index (κ2) is 13.4. The number of para-hydroxylation sites is 1. The molecule has 2 amide bonds. The number of rotatable bonds is 3. The van der Waals surface area contributed by atoms with E-state index in [1.54, 1.807) is 31.0 Å². The largest absolute Gasteiger partial charge is 0.489 e. The number of amides is 2. The summed E-state index contributed by atoms with van der Waals surface area (Å²) in [4.78, 5) is 28.3. The average Bonchev–Trinajstić information content (AvgIpc) is 3.76.